The van der Waals surface area contributed by atoms with Crippen LogP contribution in [0.5, 0.6) is 5.75 Å². The molecule has 3 aromatic carbocycles. The molecular formula is C22H17N3O2. The van der Waals surface area contributed by atoms with E-state index in [-0.39, 0.29) is 5.75 Å². The Morgan fingerprint density at radius 1 is 1.04 bits per heavy atom. The van der Waals surface area contributed by atoms with E-state index in [4.69, 9.17) is 9.52 Å². The Morgan fingerprint density at radius 3 is 2.63 bits per heavy atom. The van der Waals surface area contributed by atoms with Gasteiger partial charge in [-0.25, -0.2) is 0 Å². The third-order valence-corrected chi connectivity index (χ3v) is 5.04. The van der Waals surface area contributed by atoms with Gasteiger partial charge in [0.1, 0.15) is 11.4 Å². The fraction of sp³-hybridized carbons (Fsp3) is 0.136. The second-order valence-corrected chi connectivity index (χ2v) is 6.75. The highest BCUT2D eigenvalue weighted by atomic mass is 16.5. The maximum absolute atomic E-state index is 11.1. The SMILES string of the molecule is CN=C1CC(=Nc2cccc(C)c2)c2c(O)c3ccccc3c3onc1c23. The van der Waals surface area contributed by atoms with Crippen molar-refractivity contribution in [2.75, 3.05) is 7.05 Å². The molecule has 1 aliphatic carbocycles. The van der Waals surface area contributed by atoms with E-state index in [1.807, 2.05) is 55.5 Å². The molecule has 0 saturated heterocycles. The number of benzene rings is 3. The standard InChI is InChI=1S/C22H17N3O2/c1-12-6-5-7-13(10-12)24-16-11-17(23-2)20-19-18(16)21(26)14-8-3-4-9-15(14)22(19)27-25-20/h3-10,26H,11H2,1-2H3. The number of aromatic hydroxyl groups is 1. The van der Waals surface area contributed by atoms with Gasteiger partial charge in [0, 0.05) is 24.2 Å². The Labute approximate surface area is 155 Å². The second-order valence-electron chi connectivity index (χ2n) is 6.75. The van der Waals surface area contributed by atoms with Crippen molar-refractivity contribution in [1.82, 2.24) is 5.16 Å². The zero-order valence-corrected chi connectivity index (χ0v) is 15.0. The first-order chi connectivity index (χ1) is 13.2. The summed E-state index contributed by atoms with van der Waals surface area (Å²) in [4.78, 5) is 9.25. The molecule has 132 valence electrons. The van der Waals surface area contributed by atoms with Gasteiger partial charge in [-0.05, 0) is 24.6 Å². The molecule has 0 bridgehead atoms. The molecule has 0 aliphatic heterocycles. The van der Waals surface area contributed by atoms with E-state index in [1.165, 1.54) is 0 Å². The number of phenols is 1. The van der Waals surface area contributed by atoms with Crippen LogP contribution in [-0.4, -0.2) is 28.7 Å². The number of aromatic nitrogens is 1. The van der Waals surface area contributed by atoms with Gasteiger partial charge < -0.3 is 9.63 Å². The smallest absolute Gasteiger partial charge is 0.176 e. The van der Waals surface area contributed by atoms with E-state index in [2.05, 4.69) is 10.1 Å². The third-order valence-electron chi connectivity index (χ3n) is 5.04. The summed E-state index contributed by atoms with van der Waals surface area (Å²) in [6.45, 7) is 2.04. The van der Waals surface area contributed by atoms with Crippen LogP contribution in [-0.2, 0) is 0 Å². The predicted molar refractivity (Wildman–Crippen MR) is 108 cm³/mol. The van der Waals surface area contributed by atoms with Crippen molar-refractivity contribution < 1.29 is 9.63 Å². The Kier molecular flexibility index (Phi) is 3.37. The number of nitrogens with zero attached hydrogens (tertiary/aromatic N) is 3. The minimum Gasteiger partial charge on any atom is -0.507 e. The maximum Gasteiger partial charge on any atom is 0.176 e. The van der Waals surface area contributed by atoms with Gasteiger partial charge in [-0.1, -0.05) is 41.6 Å². The van der Waals surface area contributed by atoms with Crippen molar-refractivity contribution in [3.63, 3.8) is 0 Å². The number of hydrogen-bond acceptors (Lipinski definition) is 5. The molecule has 0 spiro atoms. The van der Waals surface area contributed by atoms with Gasteiger partial charge in [0.15, 0.2) is 5.58 Å². The lowest BCUT2D eigenvalue weighted by Gasteiger charge is -2.18. The highest BCUT2D eigenvalue weighted by Crippen LogP contribution is 2.42. The molecule has 0 fully saturated rings. The van der Waals surface area contributed by atoms with Gasteiger partial charge in [-0.2, -0.15) is 0 Å². The topological polar surface area (TPSA) is 71.0 Å². The summed E-state index contributed by atoms with van der Waals surface area (Å²) >= 11 is 0. The average molecular weight is 355 g/mol. The van der Waals surface area contributed by atoms with Gasteiger partial charge in [0.05, 0.1) is 28.1 Å². The number of hydrogen-bond donors (Lipinski definition) is 1. The molecule has 1 aliphatic rings. The summed E-state index contributed by atoms with van der Waals surface area (Å²) in [5, 5.41) is 17.7. The fourth-order valence-electron chi connectivity index (χ4n) is 3.79. The number of aryl methyl sites for hydroxylation is 1. The van der Waals surface area contributed by atoms with Crippen LogP contribution in [0.2, 0.25) is 0 Å². The summed E-state index contributed by atoms with van der Waals surface area (Å²) in [6.07, 6.45) is 0.491. The molecule has 0 unspecified atom stereocenters. The highest BCUT2D eigenvalue weighted by molar-refractivity contribution is 6.34. The van der Waals surface area contributed by atoms with Gasteiger partial charge in [-0.3, -0.25) is 9.98 Å². The Balaban J connectivity index is 1.91. The minimum absolute atomic E-state index is 0.212. The molecule has 5 nitrogen and oxygen atoms in total. The van der Waals surface area contributed by atoms with Gasteiger partial charge in [0.25, 0.3) is 0 Å². The monoisotopic (exact) mass is 355 g/mol. The van der Waals surface area contributed by atoms with E-state index in [0.717, 1.165) is 38.8 Å². The number of aliphatic imine (C=N–C) groups is 2. The molecular weight excluding hydrogens is 338 g/mol. The molecule has 0 radical (unpaired) electrons. The molecule has 27 heavy (non-hydrogen) atoms. The van der Waals surface area contributed by atoms with Crippen LogP contribution in [0.1, 0.15) is 23.2 Å². The van der Waals surface area contributed by atoms with Crippen molar-refractivity contribution in [2.45, 2.75) is 13.3 Å². The lowest BCUT2D eigenvalue weighted by Crippen LogP contribution is -2.17. The van der Waals surface area contributed by atoms with E-state index in [9.17, 15) is 5.11 Å². The zero-order valence-electron chi connectivity index (χ0n) is 15.0. The van der Waals surface area contributed by atoms with Crippen LogP contribution in [0.25, 0.3) is 21.7 Å². The van der Waals surface area contributed by atoms with E-state index in [1.54, 1.807) is 7.05 Å². The van der Waals surface area contributed by atoms with Crippen molar-refractivity contribution in [1.29, 1.82) is 0 Å². The number of fused-ring (bicyclic) bond motifs is 2. The zero-order chi connectivity index (χ0) is 18.5. The van der Waals surface area contributed by atoms with Crippen LogP contribution in [0.4, 0.5) is 5.69 Å². The van der Waals surface area contributed by atoms with Crippen molar-refractivity contribution in [3.05, 3.63) is 65.4 Å². The first-order valence-corrected chi connectivity index (χ1v) is 8.81. The van der Waals surface area contributed by atoms with Crippen LogP contribution < -0.4 is 0 Å². The third kappa shape index (κ3) is 2.28. The fourth-order valence-corrected chi connectivity index (χ4v) is 3.79. The van der Waals surface area contributed by atoms with Crippen molar-refractivity contribution in [2.24, 2.45) is 9.98 Å². The number of rotatable bonds is 1. The Morgan fingerprint density at radius 2 is 1.85 bits per heavy atom. The highest BCUT2D eigenvalue weighted by Gasteiger charge is 2.31. The maximum atomic E-state index is 11.1. The van der Waals surface area contributed by atoms with Crippen LogP contribution in [0, 0.1) is 6.92 Å². The van der Waals surface area contributed by atoms with Crippen molar-refractivity contribution in [3.8, 4) is 5.75 Å². The first-order valence-electron chi connectivity index (χ1n) is 8.81. The van der Waals surface area contributed by atoms with E-state index in [0.29, 0.717) is 23.3 Å². The first kappa shape index (κ1) is 15.8. The molecule has 1 N–H and O–H groups in total. The quantitative estimate of drug-likeness (QED) is 0.526. The van der Waals surface area contributed by atoms with Gasteiger partial charge >= 0.3 is 0 Å². The Hall–Kier alpha value is -3.47. The summed E-state index contributed by atoms with van der Waals surface area (Å²) in [5.74, 6) is 0.212. The van der Waals surface area contributed by atoms with E-state index < -0.39 is 0 Å². The summed E-state index contributed by atoms with van der Waals surface area (Å²) < 4.78 is 5.68. The summed E-state index contributed by atoms with van der Waals surface area (Å²) in [7, 11) is 1.74. The molecule has 0 saturated carbocycles. The molecule has 5 rings (SSSR count). The molecule has 0 atom stereocenters. The van der Waals surface area contributed by atoms with Crippen LogP contribution in [0.15, 0.2) is 63.0 Å². The molecule has 0 amide bonds. The normalized spacial score (nSPS) is 16.7. The summed E-state index contributed by atoms with van der Waals surface area (Å²) in [5.41, 5.74) is 5.59. The second kappa shape index (κ2) is 5.77. The molecule has 1 aromatic heterocycles. The summed E-state index contributed by atoms with van der Waals surface area (Å²) in [6, 6.07) is 15.6. The lowest BCUT2D eigenvalue weighted by atomic mass is 9.88. The van der Waals surface area contributed by atoms with E-state index >= 15 is 0 Å². The van der Waals surface area contributed by atoms with Gasteiger partial charge in [0.2, 0.25) is 0 Å². The molecule has 5 heteroatoms. The average Bonchev–Trinajstić information content (AvgIpc) is 3.12. The van der Waals surface area contributed by atoms with Crippen LogP contribution in [0.3, 0.4) is 0 Å². The van der Waals surface area contributed by atoms with Crippen LogP contribution >= 0.6 is 0 Å². The van der Waals surface area contributed by atoms with Crippen molar-refractivity contribution >= 4 is 38.9 Å². The van der Waals surface area contributed by atoms with Gasteiger partial charge in [-0.15, -0.1) is 0 Å². The molecule has 4 aromatic rings. The lowest BCUT2D eigenvalue weighted by molar-refractivity contribution is 0.456. The minimum atomic E-state index is 0.212. The number of phenolic OH excluding ortho intramolecular Hbond substituents is 1. The largest absolute Gasteiger partial charge is 0.507 e. The Bertz CT molecular complexity index is 1280. The molecule has 1 heterocycles. The predicted octanol–water partition coefficient (Wildman–Crippen LogP) is 4.94.